The number of hydrogen-bond acceptors (Lipinski definition) is 12. The lowest BCUT2D eigenvalue weighted by molar-refractivity contribution is -0.121. The van der Waals surface area contributed by atoms with E-state index in [9.17, 15) is 4.79 Å². The number of amides is 1. The number of aliphatic imine (C=N–C) groups is 1. The zero-order valence-corrected chi connectivity index (χ0v) is 28.1. The van der Waals surface area contributed by atoms with E-state index in [0.717, 1.165) is 22.5 Å². The van der Waals surface area contributed by atoms with Gasteiger partial charge in [0, 0.05) is 34.9 Å². The predicted octanol–water partition coefficient (Wildman–Crippen LogP) is 2.09. The van der Waals surface area contributed by atoms with E-state index in [1.54, 1.807) is 0 Å². The monoisotopic (exact) mass is 676 g/mol. The summed E-state index contributed by atoms with van der Waals surface area (Å²) >= 11 is 6.22. The fourth-order valence-electron chi connectivity index (χ4n) is 5.29. The molecule has 14 heteroatoms. The second-order valence-electron chi connectivity index (χ2n) is 10.9. The van der Waals surface area contributed by atoms with E-state index in [2.05, 4.69) is 28.0 Å². The molecular formula is C33H49ClN6O7. The summed E-state index contributed by atoms with van der Waals surface area (Å²) in [4.78, 5) is 20.1. The number of carbonyl (C=O) groups excluding carboxylic acids is 1. The zero-order valence-electron chi connectivity index (χ0n) is 27.4. The van der Waals surface area contributed by atoms with E-state index >= 15 is 0 Å². The van der Waals surface area contributed by atoms with Gasteiger partial charge in [-0.2, -0.15) is 0 Å². The average molecular weight is 677 g/mol. The van der Waals surface area contributed by atoms with Gasteiger partial charge in [0.25, 0.3) is 0 Å². The molecule has 13 nitrogen and oxygen atoms in total. The van der Waals surface area contributed by atoms with Crippen molar-refractivity contribution in [3.05, 3.63) is 58.6 Å². The van der Waals surface area contributed by atoms with Crippen LogP contribution >= 0.6 is 11.6 Å². The van der Waals surface area contributed by atoms with Crippen LogP contribution in [0.2, 0.25) is 5.02 Å². The molecule has 3 atom stereocenters. The van der Waals surface area contributed by atoms with E-state index in [-0.39, 0.29) is 30.7 Å². The minimum absolute atomic E-state index is 0.0320. The van der Waals surface area contributed by atoms with Crippen molar-refractivity contribution in [2.75, 3.05) is 90.7 Å². The highest BCUT2D eigenvalue weighted by molar-refractivity contribution is 6.30. The molecular weight excluding hydrogens is 628 g/mol. The largest absolute Gasteiger partial charge is 0.491 e. The molecule has 2 aliphatic rings. The topological polar surface area (TPSA) is 150 Å². The van der Waals surface area contributed by atoms with Crippen LogP contribution in [0.25, 0.3) is 0 Å². The number of carbonyl (C=O) groups is 1. The summed E-state index contributed by atoms with van der Waals surface area (Å²) < 4.78 is 33.5. The highest BCUT2D eigenvalue weighted by Gasteiger charge is 2.40. The fraction of sp³-hybridized carbons (Fsp3) is 0.576. The number of ether oxygens (including phenoxy) is 6. The smallest absolute Gasteiger partial charge is 0.222 e. The Hall–Kier alpha value is -2.85. The molecule has 1 fully saturated rings. The van der Waals surface area contributed by atoms with Crippen LogP contribution in [0, 0.1) is 0 Å². The maximum Gasteiger partial charge on any atom is 0.222 e. The van der Waals surface area contributed by atoms with Crippen LogP contribution in [0.1, 0.15) is 31.4 Å². The fourth-order valence-corrected chi connectivity index (χ4v) is 5.42. The Bertz CT molecular complexity index is 1250. The van der Waals surface area contributed by atoms with Gasteiger partial charge in [0.15, 0.2) is 0 Å². The Labute approximate surface area is 282 Å². The summed E-state index contributed by atoms with van der Waals surface area (Å²) in [6.45, 7) is 10.4. The van der Waals surface area contributed by atoms with E-state index in [1.165, 1.54) is 0 Å². The van der Waals surface area contributed by atoms with E-state index in [0.29, 0.717) is 96.5 Å². The van der Waals surface area contributed by atoms with E-state index in [1.807, 2.05) is 49.4 Å². The second-order valence-corrected chi connectivity index (χ2v) is 11.3. The highest BCUT2D eigenvalue weighted by atomic mass is 35.5. The molecule has 2 heterocycles. The van der Waals surface area contributed by atoms with E-state index in [4.69, 9.17) is 50.7 Å². The standard InChI is InChI=1S/C33H49ClN6O7/c1-3-36-31(41)23-29-33-39-38-24(2)40(33)30-9-8-27(22-28(30)32(37-29)25-4-6-26(34)7-5-25)47-21-20-46-19-18-45-17-16-44-15-14-43-13-12-42-11-10-35/h4-9,22,24,29,33,38-39H,3,10-21,23,35H2,1-2H3,(H,36,41)/t24?,29-,33?/m0/s1. The van der Waals surface area contributed by atoms with Crippen molar-refractivity contribution in [1.82, 2.24) is 16.2 Å². The summed E-state index contributed by atoms with van der Waals surface area (Å²) in [5.41, 5.74) is 15.6. The molecule has 4 rings (SSSR count). The minimum Gasteiger partial charge on any atom is -0.491 e. The van der Waals surface area contributed by atoms with Gasteiger partial charge in [0.1, 0.15) is 18.5 Å². The summed E-state index contributed by atoms with van der Waals surface area (Å²) in [5, 5.41) is 3.55. The molecule has 47 heavy (non-hydrogen) atoms. The minimum atomic E-state index is -0.352. The molecule has 0 bridgehead atoms. The number of rotatable bonds is 22. The molecule has 1 saturated heterocycles. The number of fused-ring (bicyclic) bond motifs is 3. The molecule has 2 aromatic carbocycles. The molecule has 2 unspecified atom stereocenters. The van der Waals surface area contributed by atoms with Gasteiger partial charge >= 0.3 is 0 Å². The molecule has 0 radical (unpaired) electrons. The first kappa shape index (κ1) is 37.0. The molecule has 0 aromatic heterocycles. The molecule has 5 N–H and O–H groups in total. The molecule has 0 spiro atoms. The summed E-state index contributed by atoms with van der Waals surface area (Å²) in [5.74, 6) is 0.648. The third-order valence-electron chi connectivity index (χ3n) is 7.45. The average Bonchev–Trinajstić information content (AvgIpc) is 3.39. The number of halogens is 1. The molecule has 1 amide bonds. The molecule has 2 aliphatic heterocycles. The van der Waals surface area contributed by atoms with Crippen LogP contribution in [0.15, 0.2) is 47.5 Å². The van der Waals surface area contributed by atoms with Crippen molar-refractivity contribution in [3.63, 3.8) is 0 Å². The number of nitrogens with one attached hydrogen (secondary N) is 3. The second kappa shape index (κ2) is 20.5. The van der Waals surface area contributed by atoms with Crippen molar-refractivity contribution in [2.45, 2.75) is 38.6 Å². The summed E-state index contributed by atoms with van der Waals surface area (Å²) in [6.07, 6.45) is -0.0212. The SMILES string of the molecule is CCNC(=O)C[C@@H]1N=C(c2ccc(Cl)cc2)c2cc(OCCOCCOCCOCCOCCOCCN)ccc2N2C(C)NNC12. The van der Waals surface area contributed by atoms with Gasteiger partial charge in [-0.05, 0) is 44.2 Å². The Kier molecular flexibility index (Phi) is 16.1. The lowest BCUT2D eigenvalue weighted by Gasteiger charge is -2.31. The maximum absolute atomic E-state index is 12.7. The Morgan fingerprint density at radius 3 is 2.06 bits per heavy atom. The number of benzene rings is 2. The van der Waals surface area contributed by atoms with Crippen LogP contribution in [0.3, 0.4) is 0 Å². The highest BCUT2D eigenvalue weighted by Crippen LogP contribution is 2.36. The van der Waals surface area contributed by atoms with Crippen LogP contribution in [-0.2, 0) is 28.5 Å². The van der Waals surface area contributed by atoms with Gasteiger partial charge in [-0.1, -0.05) is 23.7 Å². The van der Waals surface area contributed by atoms with Crippen molar-refractivity contribution in [3.8, 4) is 5.75 Å². The van der Waals surface area contributed by atoms with Crippen LogP contribution < -0.4 is 31.5 Å². The molecule has 260 valence electrons. The van der Waals surface area contributed by atoms with Gasteiger partial charge < -0.3 is 44.4 Å². The predicted molar refractivity (Wildman–Crippen MR) is 181 cm³/mol. The third kappa shape index (κ3) is 11.7. The Morgan fingerprint density at radius 2 is 1.47 bits per heavy atom. The van der Waals surface area contributed by atoms with Gasteiger partial charge in [-0.3, -0.25) is 9.79 Å². The van der Waals surface area contributed by atoms with E-state index < -0.39 is 0 Å². The first-order valence-corrected chi connectivity index (χ1v) is 16.7. The van der Waals surface area contributed by atoms with Crippen molar-refractivity contribution in [2.24, 2.45) is 10.7 Å². The summed E-state index contributed by atoms with van der Waals surface area (Å²) in [7, 11) is 0. The summed E-state index contributed by atoms with van der Waals surface area (Å²) in [6, 6.07) is 13.2. The van der Waals surface area contributed by atoms with Crippen molar-refractivity contribution < 1.29 is 33.2 Å². The lowest BCUT2D eigenvalue weighted by atomic mass is 9.99. The quantitative estimate of drug-likeness (QED) is 0.136. The van der Waals surface area contributed by atoms with Gasteiger partial charge in [0.2, 0.25) is 5.91 Å². The first-order valence-electron chi connectivity index (χ1n) is 16.3. The van der Waals surface area contributed by atoms with Gasteiger partial charge in [0.05, 0.1) is 90.4 Å². The number of hydrazine groups is 1. The van der Waals surface area contributed by atoms with Crippen LogP contribution in [-0.4, -0.2) is 116 Å². The number of anilines is 1. The molecule has 2 aromatic rings. The maximum atomic E-state index is 12.7. The first-order chi connectivity index (χ1) is 23.0. The van der Waals surface area contributed by atoms with Gasteiger partial charge in [-0.15, -0.1) is 0 Å². The van der Waals surface area contributed by atoms with Crippen LogP contribution in [0.5, 0.6) is 5.75 Å². The Morgan fingerprint density at radius 1 is 0.872 bits per heavy atom. The lowest BCUT2D eigenvalue weighted by Crippen LogP contribution is -2.47. The van der Waals surface area contributed by atoms with Gasteiger partial charge in [-0.25, -0.2) is 10.9 Å². The molecule has 0 saturated carbocycles. The number of hydrogen-bond donors (Lipinski definition) is 4. The van der Waals surface area contributed by atoms with Crippen LogP contribution in [0.4, 0.5) is 5.69 Å². The Balaban J connectivity index is 1.27. The number of nitrogens with zero attached hydrogens (tertiary/aromatic N) is 2. The van der Waals surface area contributed by atoms with Crippen molar-refractivity contribution in [1.29, 1.82) is 0 Å². The molecule has 0 aliphatic carbocycles. The van der Waals surface area contributed by atoms with Crippen molar-refractivity contribution >= 4 is 28.9 Å². The number of nitrogens with two attached hydrogens (primary N) is 1. The zero-order chi connectivity index (χ0) is 33.3. The third-order valence-corrected chi connectivity index (χ3v) is 7.70. The normalized spacial score (nSPS) is 18.8.